The molecule has 2 aromatic heterocycles. The highest BCUT2D eigenvalue weighted by Gasteiger charge is 2.11. The summed E-state index contributed by atoms with van der Waals surface area (Å²) in [4.78, 5) is 16.1. The van der Waals surface area contributed by atoms with Gasteiger partial charge in [0.1, 0.15) is 12.0 Å². The Morgan fingerprint density at radius 3 is 2.61 bits per heavy atom. The van der Waals surface area contributed by atoms with Crippen molar-refractivity contribution >= 4 is 5.65 Å². The van der Waals surface area contributed by atoms with Crippen molar-refractivity contribution in [2.75, 3.05) is 0 Å². The summed E-state index contributed by atoms with van der Waals surface area (Å²) in [5, 5.41) is 7.79. The highest BCUT2D eigenvalue weighted by molar-refractivity contribution is 5.73. The lowest BCUT2D eigenvalue weighted by Crippen LogP contribution is -2.26. The van der Waals surface area contributed by atoms with Crippen molar-refractivity contribution < 1.29 is 0 Å². The van der Waals surface area contributed by atoms with Crippen LogP contribution < -0.4 is 5.69 Å². The number of benzene rings is 1. The lowest BCUT2D eigenvalue weighted by Gasteiger charge is -1.99. The van der Waals surface area contributed by atoms with Gasteiger partial charge in [0.2, 0.25) is 0 Å². The molecule has 1 aromatic carbocycles. The van der Waals surface area contributed by atoms with Gasteiger partial charge in [0, 0.05) is 12.6 Å². The summed E-state index contributed by atoms with van der Waals surface area (Å²) < 4.78 is 2.57. The van der Waals surface area contributed by atoms with Gasteiger partial charge in [-0.25, -0.2) is 14.2 Å². The molecule has 0 atom stereocenters. The third kappa shape index (κ3) is 1.50. The minimum absolute atomic E-state index is 0.258. The van der Waals surface area contributed by atoms with Crippen LogP contribution in [0.4, 0.5) is 0 Å². The van der Waals surface area contributed by atoms with E-state index >= 15 is 0 Å². The first-order valence-electron chi connectivity index (χ1n) is 5.51. The molecule has 3 aromatic rings. The van der Waals surface area contributed by atoms with Crippen LogP contribution in [0.25, 0.3) is 16.9 Å². The maximum atomic E-state index is 11.8. The Balaban J connectivity index is 2.28. The van der Waals surface area contributed by atoms with Crippen LogP contribution in [0.2, 0.25) is 0 Å². The smallest absolute Gasteiger partial charge is 0.245 e. The summed E-state index contributed by atoms with van der Waals surface area (Å²) in [6, 6.07) is 7.90. The second kappa shape index (κ2) is 3.76. The zero-order valence-electron chi connectivity index (χ0n) is 10.0. The molecule has 0 radical (unpaired) electrons. The van der Waals surface area contributed by atoms with Crippen LogP contribution in [0.15, 0.2) is 35.4 Å². The summed E-state index contributed by atoms with van der Waals surface area (Å²) in [6.45, 7) is 2.02. The van der Waals surface area contributed by atoms with Crippen LogP contribution >= 0.6 is 0 Å². The Morgan fingerprint density at radius 1 is 1.17 bits per heavy atom. The van der Waals surface area contributed by atoms with E-state index < -0.39 is 0 Å². The van der Waals surface area contributed by atoms with Crippen LogP contribution in [-0.2, 0) is 7.05 Å². The van der Waals surface area contributed by atoms with Gasteiger partial charge in [-0.05, 0) is 6.92 Å². The first-order valence-corrected chi connectivity index (χ1v) is 5.51. The number of aryl methyl sites for hydroxylation is 2. The molecule has 0 saturated heterocycles. The van der Waals surface area contributed by atoms with E-state index in [1.807, 2.05) is 31.2 Å². The molecule has 90 valence electrons. The Morgan fingerprint density at radius 2 is 1.89 bits per heavy atom. The number of imidazole rings is 1. The second-order valence-electron chi connectivity index (χ2n) is 4.15. The average Bonchev–Trinajstić information content (AvgIpc) is 2.79. The molecule has 0 amide bonds. The third-order valence-electron chi connectivity index (χ3n) is 2.82. The Hall–Kier alpha value is -2.50. The molecule has 18 heavy (non-hydrogen) atoms. The highest BCUT2D eigenvalue weighted by Crippen LogP contribution is 2.20. The Bertz CT molecular complexity index is 769. The van der Waals surface area contributed by atoms with Crippen LogP contribution in [0.5, 0.6) is 0 Å². The standard InChI is InChI=1S/C12H11N5O/c1-8-3-5-9(6-4-8)10-11-14-15-16(2)12(18)17(11)7-13-10/h3-7H,1-2H3. The van der Waals surface area contributed by atoms with Crippen molar-refractivity contribution in [3.63, 3.8) is 0 Å². The third-order valence-corrected chi connectivity index (χ3v) is 2.82. The predicted molar refractivity (Wildman–Crippen MR) is 66.2 cm³/mol. The monoisotopic (exact) mass is 241 g/mol. The largest absolute Gasteiger partial charge is 0.352 e. The maximum Gasteiger partial charge on any atom is 0.352 e. The van der Waals surface area contributed by atoms with Gasteiger partial charge in [-0.2, -0.15) is 4.68 Å². The van der Waals surface area contributed by atoms with Gasteiger partial charge < -0.3 is 0 Å². The van der Waals surface area contributed by atoms with Gasteiger partial charge in [0.25, 0.3) is 0 Å². The van der Waals surface area contributed by atoms with Gasteiger partial charge in [-0.3, -0.25) is 0 Å². The fourth-order valence-corrected chi connectivity index (χ4v) is 1.80. The molecule has 0 aliphatic rings. The molecule has 0 unspecified atom stereocenters. The molecular weight excluding hydrogens is 230 g/mol. The zero-order chi connectivity index (χ0) is 12.7. The minimum Gasteiger partial charge on any atom is -0.245 e. The molecule has 3 rings (SSSR count). The van der Waals surface area contributed by atoms with Crippen LogP contribution in [-0.4, -0.2) is 24.4 Å². The molecule has 0 aliphatic heterocycles. The predicted octanol–water partition coefficient (Wildman–Crippen LogP) is 0.798. The summed E-state index contributed by atoms with van der Waals surface area (Å²) in [7, 11) is 1.56. The SMILES string of the molecule is Cc1ccc(-c2ncn3c(=O)n(C)nnc23)cc1. The lowest BCUT2D eigenvalue weighted by atomic mass is 10.1. The first-order chi connectivity index (χ1) is 8.66. The van der Waals surface area contributed by atoms with Crippen molar-refractivity contribution in [3.05, 3.63) is 46.6 Å². The van der Waals surface area contributed by atoms with Gasteiger partial charge in [-0.1, -0.05) is 35.0 Å². The number of rotatable bonds is 1. The van der Waals surface area contributed by atoms with E-state index in [-0.39, 0.29) is 5.69 Å². The van der Waals surface area contributed by atoms with Gasteiger partial charge in [0.05, 0.1) is 0 Å². The first kappa shape index (κ1) is 10.6. The molecule has 0 spiro atoms. The molecule has 0 aliphatic carbocycles. The number of nitrogens with zero attached hydrogens (tertiary/aromatic N) is 5. The van der Waals surface area contributed by atoms with Gasteiger partial charge >= 0.3 is 5.69 Å². The van der Waals surface area contributed by atoms with E-state index in [1.165, 1.54) is 21.0 Å². The van der Waals surface area contributed by atoms with E-state index in [9.17, 15) is 4.79 Å². The Kier molecular flexibility index (Phi) is 2.22. The number of hydrogen-bond donors (Lipinski definition) is 0. The second-order valence-corrected chi connectivity index (χ2v) is 4.15. The van der Waals surface area contributed by atoms with E-state index in [0.29, 0.717) is 11.3 Å². The van der Waals surface area contributed by atoms with Crippen molar-refractivity contribution in [2.24, 2.45) is 7.05 Å². The maximum absolute atomic E-state index is 11.8. The molecule has 0 N–H and O–H groups in total. The molecule has 2 heterocycles. The normalized spacial score (nSPS) is 11.0. The van der Waals surface area contributed by atoms with E-state index in [2.05, 4.69) is 15.3 Å². The zero-order valence-corrected chi connectivity index (χ0v) is 10.0. The molecule has 0 saturated carbocycles. The van der Waals surface area contributed by atoms with Crippen LogP contribution in [0.3, 0.4) is 0 Å². The fraction of sp³-hybridized carbons (Fsp3) is 0.167. The molecule has 6 heteroatoms. The summed E-state index contributed by atoms with van der Waals surface area (Å²) in [6.07, 6.45) is 1.47. The topological polar surface area (TPSA) is 65.1 Å². The lowest BCUT2D eigenvalue weighted by molar-refractivity contribution is 0.607. The van der Waals surface area contributed by atoms with Crippen LogP contribution in [0.1, 0.15) is 5.56 Å². The quantitative estimate of drug-likeness (QED) is 0.632. The summed E-state index contributed by atoms with van der Waals surface area (Å²) in [5.41, 5.74) is 2.97. The summed E-state index contributed by atoms with van der Waals surface area (Å²) >= 11 is 0. The van der Waals surface area contributed by atoms with Crippen molar-refractivity contribution in [1.82, 2.24) is 24.4 Å². The molecule has 6 nitrogen and oxygen atoms in total. The minimum atomic E-state index is -0.258. The van der Waals surface area contributed by atoms with Crippen molar-refractivity contribution in [2.45, 2.75) is 6.92 Å². The Labute approximate surface area is 103 Å². The van der Waals surface area contributed by atoms with E-state index in [0.717, 1.165) is 5.56 Å². The van der Waals surface area contributed by atoms with Gasteiger partial charge in [0.15, 0.2) is 5.65 Å². The fourth-order valence-electron chi connectivity index (χ4n) is 1.80. The van der Waals surface area contributed by atoms with Crippen molar-refractivity contribution in [1.29, 1.82) is 0 Å². The summed E-state index contributed by atoms with van der Waals surface area (Å²) in [5.74, 6) is 0. The van der Waals surface area contributed by atoms with Crippen LogP contribution in [0, 0.1) is 6.92 Å². The molecule has 0 fully saturated rings. The van der Waals surface area contributed by atoms with E-state index in [4.69, 9.17) is 0 Å². The molecule has 0 bridgehead atoms. The average molecular weight is 241 g/mol. The van der Waals surface area contributed by atoms with Gasteiger partial charge in [-0.15, -0.1) is 5.10 Å². The number of hydrogen-bond acceptors (Lipinski definition) is 4. The molecular formula is C12H11N5O. The van der Waals surface area contributed by atoms with Crippen molar-refractivity contribution in [3.8, 4) is 11.3 Å². The highest BCUT2D eigenvalue weighted by atomic mass is 16.2. The number of aromatic nitrogens is 5. The van der Waals surface area contributed by atoms with E-state index in [1.54, 1.807) is 7.05 Å². The number of fused-ring (bicyclic) bond motifs is 1.